The third kappa shape index (κ3) is 3.99. The Morgan fingerprint density at radius 2 is 1.69 bits per heavy atom. The number of fused-ring (bicyclic) bond motifs is 2. The number of rotatable bonds is 4. The number of nitrogens with zero attached hydrogens (tertiary/aromatic N) is 6. The highest BCUT2D eigenvalue weighted by atomic mass is 16.2. The third-order valence-corrected chi connectivity index (χ3v) is 6.85. The zero-order valence-corrected chi connectivity index (χ0v) is 19.6. The second-order valence-electron chi connectivity index (χ2n) is 9.12. The maximum Gasteiger partial charge on any atom is 0.251 e. The number of carbonyl (C=O) groups is 1. The van der Waals surface area contributed by atoms with Crippen LogP contribution in [-0.4, -0.2) is 44.1 Å². The molecule has 3 heterocycles. The Kier molecular flexibility index (Phi) is 5.37. The molecule has 0 N–H and O–H groups in total. The normalized spacial score (nSPS) is 16.9. The number of hydrogen-bond donors (Lipinski definition) is 0. The molecule has 1 aromatic heterocycles. The zero-order valence-electron chi connectivity index (χ0n) is 19.6. The number of aromatic nitrogens is 4. The van der Waals surface area contributed by atoms with E-state index in [1.165, 1.54) is 16.7 Å². The van der Waals surface area contributed by atoms with E-state index in [1.54, 1.807) is 4.68 Å². The molecule has 6 rings (SSSR count). The molecular weight excluding hydrogens is 436 g/mol. The Labute approximate surface area is 204 Å². The van der Waals surface area contributed by atoms with Crippen LogP contribution >= 0.6 is 0 Å². The smallest absolute Gasteiger partial charge is 0.251 e. The molecule has 0 spiro atoms. The van der Waals surface area contributed by atoms with Gasteiger partial charge in [0.15, 0.2) is 0 Å². The first-order valence-electron chi connectivity index (χ1n) is 11.9. The lowest BCUT2D eigenvalue weighted by molar-refractivity contribution is -0.130. The van der Waals surface area contributed by atoms with Gasteiger partial charge in [0.2, 0.25) is 5.91 Å². The van der Waals surface area contributed by atoms with Crippen molar-refractivity contribution >= 4 is 17.6 Å². The number of tetrazole rings is 1. The minimum Gasteiger partial charge on any atom is -0.336 e. The molecule has 2 aliphatic rings. The van der Waals surface area contributed by atoms with Crippen molar-refractivity contribution in [2.75, 3.05) is 18.0 Å². The summed E-state index contributed by atoms with van der Waals surface area (Å²) in [6.07, 6.45) is 3.03. The van der Waals surface area contributed by atoms with E-state index in [4.69, 9.17) is 0 Å². The highest BCUT2D eigenvalue weighted by Gasteiger charge is 2.33. The fourth-order valence-electron chi connectivity index (χ4n) is 4.93. The van der Waals surface area contributed by atoms with E-state index in [9.17, 15) is 4.79 Å². The molecule has 0 saturated carbocycles. The summed E-state index contributed by atoms with van der Waals surface area (Å²) in [5, 5.41) is 12.7. The van der Waals surface area contributed by atoms with Gasteiger partial charge >= 0.3 is 0 Å². The second kappa shape index (κ2) is 8.83. The van der Waals surface area contributed by atoms with Crippen LogP contribution in [0.5, 0.6) is 0 Å². The maximum absolute atomic E-state index is 13.6. The summed E-state index contributed by atoms with van der Waals surface area (Å²) in [5.41, 5.74) is 6.79. The summed E-state index contributed by atoms with van der Waals surface area (Å²) in [4.78, 5) is 17.4. The lowest BCUT2D eigenvalue weighted by Gasteiger charge is -2.35. The van der Waals surface area contributed by atoms with Gasteiger partial charge in [-0.1, -0.05) is 89.5 Å². The molecule has 1 amide bonds. The van der Waals surface area contributed by atoms with E-state index in [1.807, 2.05) is 34.1 Å². The molecule has 3 aromatic carbocycles. The van der Waals surface area contributed by atoms with Gasteiger partial charge in [0.05, 0.1) is 5.70 Å². The second-order valence-corrected chi connectivity index (χ2v) is 9.12. The predicted octanol–water partition coefficient (Wildman–Crippen LogP) is 4.02. The quantitative estimate of drug-likeness (QED) is 0.458. The van der Waals surface area contributed by atoms with Crippen molar-refractivity contribution in [3.8, 4) is 0 Å². The summed E-state index contributed by atoms with van der Waals surface area (Å²) in [7, 11) is 0. The number of benzene rings is 3. The van der Waals surface area contributed by atoms with Crippen molar-refractivity contribution in [3.63, 3.8) is 0 Å². The van der Waals surface area contributed by atoms with Gasteiger partial charge in [0.25, 0.3) is 5.95 Å². The molecule has 0 fully saturated rings. The molecule has 0 unspecified atom stereocenters. The van der Waals surface area contributed by atoms with Gasteiger partial charge in [-0.3, -0.25) is 9.69 Å². The summed E-state index contributed by atoms with van der Waals surface area (Å²) < 4.78 is 1.80. The Balaban J connectivity index is 1.36. The van der Waals surface area contributed by atoms with E-state index < -0.39 is 0 Å². The highest BCUT2D eigenvalue weighted by Crippen LogP contribution is 2.36. The van der Waals surface area contributed by atoms with Gasteiger partial charge in [-0.15, -0.1) is 0 Å². The van der Waals surface area contributed by atoms with Crippen molar-refractivity contribution in [2.24, 2.45) is 0 Å². The van der Waals surface area contributed by atoms with Gasteiger partial charge in [0.1, 0.15) is 12.6 Å². The van der Waals surface area contributed by atoms with Crippen molar-refractivity contribution in [1.82, 2.24) is 25.1 Å². The molecule has 0 bridgehead atoms. The van der Waals surface area contributed by atoms with Crippen LogP contribution in [0.4, 0.5) is 5.95 Å². The van der Waals surface area contributed by atoms with Crippen LogP contribution in [0.2, 0.25) is 0 Å². The fourth-order valence-corrected chi connectivity index (χ4v) is 4.93. The van der Waals surface area contributed by atoms with E-state index in [-0.39, 0.29) is 18.5 Å². The Morgan fingerprint density at radius 1 is 0.943 bits per heavy atom. The molecular formula is C28H26N6O. The minimum absolute atomic E-state index is 0.0599. The maximum atomic E-state index is 13.6. The molecule has 0 radical (unpaired) electrons. The van der Waals surface area contributed by atoms with Crippen LogP contribution in [0.3, 0.4) is 0 Å². The third-order valence-electron chi connectivity index (χ3n) is 6.85. The van der Waals surface area contributed by atoms with Crippen molar-refractivity contribution in [1.29, 1.82) is 0 Å². The SMILES string of the molecule is Cc1ccc([C@@H]2C=C(c3ccccc3)N(CC(=O)N3CCc4ccccc4C3)c3nnnn32)cc1. The molecule has 4 aromatic rings. The van der Waals surface area contributed by atoms with Crippen LogP contribution < -0.4 is 4.90 Å². The van der Waals surface area contributed by atoms with Gasteiger partial charge in [0, 0.05) is 13.1 Å². The molecule has 7 heteroatoms. The number of hydrogen-bond acceptors (Lipinski definition) is 5. The first kappa shape index (κ1) is 21.3. The average molecular weight is 463 g/mol. The molecule has 1 atom stereocenters. The number of amides is 1. The number of allylic oxidation sites excluding steroid dienone is 1. The van der Waals surface area contributed by atoms with E-state index >= 15 is 0 Å². The molecule has 0 aliphatic carbocycles. The van der Waals surface area contributed by atoms with Crippen molar-refractivity contribution in [3.05, 3.63) is 113 Å². The molecule has 2 aliphatic heterocycles. The predicted molar refractivity (Wildman–Crippen MR) is 134 cm³/mol. The van der Waals surface area contributed by atoms with Crippen molar-refractivity contribution < 1.29 is 4.79 Å². The first-order valence-corrected chi connectivity index (χ1v) is 11.9. The standard InChI is InChI=1S/C28H26N6O/c1-20-11-13-23(14-12-20)26-17-25(22-8-3-2-4-9-22)33(28-29-30-31-34(26)28)19-27(35)32-16-15-21-7-5-6-10-24(21)18-32/h2-14,17,26H,15-16,18-19H2,1H3/t26-/m0/s1. The van der Waals surface area contributed by atoms with Crippen LogP contribution in [0, 0.1) is 6.92 Å². The number of anilines is 1. The zero-order chi connectivity index (χ0) is 23.8. The largest absolute Gasteiger partial charge is 0.336 e. The summed E-state index contributed by atoms with van der Waals surface area (Å²) >= 11 is 0. The molecule has 7 nitrogen and oxygen atoms in total. The number of aryl methyl sites for hydroxylation is 1. The lowest BCUT2D eigenvalue weighted by Crippen LogP contribution is -2.44. The molecule has 174 valence electrons. The van der Waals surface area contributed by atoms with Crippen LogP contribution in [0.15, 0.2) is 84.9 Å². The average Bonchev–Trinajstić information content (AvgIpc) is 3.40. The highest BCUT2D eigenvalue weighted by molar-refractivity contribution is 5.89. The Bertz CT molecular complexity index is 1390. The van der Waals surface area contributed by atoms with Crippen LogP contribution in [0.1, 0.15) is 33.9 Å². The Hall–Kier alpha value is -4.26. The first-order chi connectivity index (χ1) is 17.2. The fraction of sp³-hybridized carbons (Fsp3) is 0.214. The molecule has 35 heavy (non-hydrogen) atoms. The van der Waals surface area contributed by atoms with Crippen molar-refractivity contribution in [2.45, 2.75) is 25.9 Å². The van der Waals surface area contributed by atoms with Gasteiger partial charge in [-0.2, -0.15) is 4.68 Å². The monoisotopic (exact) mass is 462 g/mol. The van der Waals surface area contributed by atoms with E-state index in [0.717, 1.165) is 23.2 Å². The lowest BCUT2D eigenvalue weighted by atomic mass is 9.99. The van der Waals surface area contributed by atoms with Crippen LogP contribution in [-0.2, 0) is 17.8 Å². The van der Waals surface area contributed by atoms with Gasteiger partial charge in [-0.05, 0) is 52.1 Å². The van der Waals surface area contributed by atoms with Gasteiger partial charge < -0.3 is 4.90 Å². The Morgan fingerprint density at radius 3 is 2.49 bits per heavy atom. The summed E-state index contributed by atoms with van der Waals surface area (Å²) in [5.74, 6) is 0.632. The number of carbonyl (C=O) groups excluding carboxylic acids is 1. The summed E-state index contributed by atoms with van der Waals surface area (Å²) in [6.45, 7) is 3.59. The topological polar surface area (TPSA) is 67.2 Å². The van der Waals surface area contributed by atoms with E-state index in [0.29, 0.717) is 19.0 Å². The van der Waals surface area contributed by atoms with Crippen LogP contribution in [0.25, 0.3) is 5.70 Å². The summed E-state index contributed by atoms with van der Waals surface area (Å²) in [6, 6.07) is 26.7. The molecule has 0 saturated heterocycles. The minimum atomic E-state index is -0.163. The van der Waals surface area contributed by atoms with E-state index in [2.05, 4.69) is 83.1 Å². The van der Waals surface area contributed by atoms with Gasteiger partial charge in [-0.25, -0.2) is 0 Å².